The van der Waals surface area contributed by atoms with E-state index < -0.39 is 5.72 Å². The van der Waals surface area contributed by atoms with Gasteiger partial charge in [0, 0.05) is 23.5 Å². The Morgan fingerprint density at radius 3 is 2.37 bits per heavy atom. The Kier molecular flexibility index (Phi) is 3.73. The first kappa shape index (κ1) is 17.3. The van der Waals surface area contributed by atoms with Crippen LogP contribution in [0.4, 0.5) is 0 Å². The number of aliphatic imine (C=N–C) groups is 1. The fourth-order valence-electron chi connectivity index (χ4n) is 6.56. The van der Waals surface area contributed by atoms with Gasteiger partial charge in [-0.05, 0) is 82.3 Å². The second kappa shape index (κ2) is 5.83. The van der Waals surface area contributed by atoms with E-state index >= 15 is 0 Å². The normalized spacial score (nSPS) is 35.2. The van der Waals surface area contributed by atoms with E-state index in [1.807, 2.05) is 32.0 Å². The maximum absolute atomic E-state index is 13.6. The molecule has 5 aliphatic rings. The number of ketones is 1. The second-order valence-corrected chi connectivity index (χ2v) is 9.77. The van der Waals surface area contributed by atoms with Crippen LogP contribution < -0.4 is 9.47 Å². The summed E-state index contributed by atoms with van der Waals surface area (Å²) < 4.78 is 11.4. The molecule has 4 bridgehead atoms. The zero-order valence-corrected chi connectivity index (χ0v) is 16.6. The van der Waals surface area contributed by atoms with E-state index in [0.717, 1.165) is 59.8 Å². The first-order chi connectivity index (χ1) is 12.9. The van der Waals surface area contributed by atoms with Crippen molar-refractivity contribution in [2.45, 2.75) is 64.5 Å². The number of rotatable bonds is 4. The molecule has 1 aromatic carbocycles. The third-order valence-corrected chi connectivity index (χ3v) is 7.22. The summed E-state index contributed by atoms with van der Waals surface area (Å²) in [6, 6.07) is 5.81. The number of carbonyl (C=O) groups is 1. The van der Waals surface area contributed by atoms with Crippen molar-refractivity contribution in [2.75, 3.05) is 7.11 Å². The third-order valence-electron chi connectivity index (χ3n) is 7.22. The van der Waals surface area contributed by atoms with E-state index in [1.165, 1.54) is 19.3 Å². The van der Waals surface area contributed by atoms with E-state index in [-0.39, 0.29) is 5.41 Å². The quantitative estimate of drug-likeness (QED) is 0.769. The highest BCUT2D eigenvalue weighted by atomic mass is 16.5. The summed E-state index contributed by atoms with van der Waals surface area (Å²) in [5.41, 5.74) is 1.08. The van der Waals surface area contributed by atoms with Crippen LogP contribution in [0, 0.1) is 23.2 Å². The van der Waals surface area contributed by atoms with Gasteiger partial charge in [0.2, 0.25) is 0 Å². The Morgan fingerprint density at radius 2 is 1.78 bits per heavy atom. The van der Waals surface area contributed by atoms with Crippen molar-refractivity contribution in [1.82, 2.24) is 0 Å². The molecule has 6 rings (SSSR count). The minimum absolute atomic E-state index is 0.0770. The number of hydrogen-bond acceptors (Lipinski definition) is 4. The molecule has 0 spiro atoms. The molecule has 27 heavy (non-hydrogen) atoms. The summed E-state index contributed by atoms with van der Waals surface area (Å²) >= 11 is 0. The molecule has 144 valence electrons. The minimum atomic E-state index is -0.656. The molecule has 4 fully saturated rings. The van der Waals surface area contributed by atoms with Gasteiger partial charge in [-0.25, -0.2) is 4.99 Å². The van der Waals surface area contributed by atoms with Crippen LogP contribution in [-0.2, 0) is 4.79 Å². The maximum Gasteiger partial charge on any atom is 0.194 e. The molecule has 4 nitrogen and oxygen atoms in total. The molecule has 4 aliphatic carbocycles. The minimum Gasteiger partial charge on any atom is -0.497 e. The number of carbonyl (C=O) groups excluding carboxylic acids is 1. The molecular formula is C23H29NO3. The number of Topliss-reactive ketones (excluding diaryl/α,β-unsaturated/α-hetero) is 1. The van der Waals surface area contributed by atoms with Crippen LogP contribution in [0.2, 0.25) is 0 Å². The third kappa shape index (κ3) is 2.88. The maximum atomic E-state index is 13.6. The highest BCUT2D eigenvalue weighted by Crippen LogP contribution is 2.60. The Bertz CT molecular complexity index is 788. The van der Waals surface area contributed by atoms with Crippen LogP contribution in [-0.4, -0.2) is 24.3 Å². The molecule has 0 atom stereocenters. The van der Waals surface area contributed by atoms with E-state index in [9.17, 15) is 4.79 Å². The molecular weight excluding hydrogens is 338 g/mol. The van der Waals surface area contributed by atoms with Gasteiger partial charge in [-0.3, -0.25) is 4.79 Å². The van der Waals surface area contributed by atoms with Crippen LogP contribution >= 0.6 is 0 Å². The monoisotopic (exact) mass is 367 g/mol. The van der Waals surface area contributed by atoms with Gasteiger partial charge in [0.15, 0.2) is 5.72 Å². The molecule has 4 saturated carbocycles. The van der Waals surface area contributed by atoms with Gasteiger partial charge in [0.25, 0.3) is 0 Å². The highest BCUT2D eigenvalue weighted by molar-refractivity contribution is 6.14. The van der Waals surface area contributed by atoms with Crippen molar-refractivity contribution in [1.29, 1.82) is 0 Å². The molecule has 1 aliphatic heterocycles. The van der Waals surface area contributed by atoms with Crippen LogP contribution in [0.1, 0.15) is 64.4 Å². The fourth-order valence-corrected chi connectivity index (χ4v) is 6.56. The van der Waals surface area contributed by atoms with Crippen LogP contribution in [0.5, 0.6) is 11.5 Å². The Balaban J connectivity index is 1.45. The van der Waals surface area contributed by atoms with E-state index in [0.29, 0.717) is 12.2 Å². The zero-order chi connectivity index (χ0) is 18.8. The summed E-state index contributed by atoms with van der Waals surface area (Å²) in [5.74, 6) is 4.29. The van der Waals surface area contributed by atoms with Gasteiger partial charge in [0.05, 0.1) is 12.8 Å². The number of methoxy groups -OCH3 is 1. The van der Waals surface area contributed by atoms with Crippen molar-refractivity contribution in [3.05, 3.63) is 23.8 Å². The molecule has 0 amide bonds. The first-order valence-electron chi connectivity index (χ1n) is 10.4. The molecule has 4 heteroatoms. The standard InChI is InChI=1S/C23H29NO3/c1-22(2)24-19(18-5-4-17(26-3)9-20(18)27-22)10-21(25)23-11-14-6-15(12-23)8-16(7-14)13-23/h4-5,9,14-16H,6-8,10-13H2,1-3H3. The molecule has 1 heterocycles. The number of nitrogens with zero attached hydrogens (tertiary/aromatic N) is 1. The molecule has 0 saturated heterocycles. The van der Waals surface area contributed by atoms with Crippen LogP contribution in [0.3, 0.4) is 0 Å². The van der Waals surface area contributed by atoms with E-state index in [2.05, 4.69) is 0 Å². The van der Waals surface area contributed by atoms with Crippen molar-refractivity contribution in [3.63, 3.8) is 0 Å². The Hall–Kier alpha value is -1.84. The first-order valence-corrected chi connectivity index (χ1v) is 10.4. The van der Waals surface area contributed by atoms with Crippen molar-refractivity contribution in [2.24, 2.45) is 28.2 Å². The fraction of sp³-hybridized carbons (Fsp3) is 0.652. The lowest BCUT2D eigenvalue weighted by molar-refractivity contribution is -0.142. The van der Waals surface area contributed by atoms with Gasteiger partial charge in [-0.2, -0.15) is 0 Å². The van der Waals surface area contributed by atoms with Gasteiger partial charge in [-0.1, -0.05) is 0 Å². The molecule has 1 aromatic rings. The van der Waals surface area contributed by atoms with Gasteiger partial charge in [0.1, 0.15) is 17.3 Å². The Labute approximate surface area is 161 Å². The van der Waals surface area contributed by atoms with Gasteiger partial charge < -0.3 is 9.47 Å². The smallest absolute Gasteiger partial charge is 0.194 e. The lowest BCUT2D eigenvalue weighted by Gasteiger charge is -2.56. The van der Waals surface area contributed by atoms with Gasteiger partial charge >= 0.3 is 0 Å². The lowest BCUT2D eigenvalue weighted by atomic mass is 9.48. The molecule has 0 aromatic heterocycles. The second-order valence-electron chi connectivity index (χ2n) is 9.77. The van der Waals surface area contributed by atoms with E-state index in [1.54, 1.807) is 7.11 Å². The zero-order valence-electron chi connectivity index (χ0n) is 16.6. The molecule has 0 N–H and O–H groups in total. The number of benzene rings is 1. The number of ether oxygens (including phenoxy) is 2. The molecule has 0 radical (unpaired) electrons. The summed E-state index contributed by atoms with van der Waals surface area (Å²) in [5, 5.41) is 0. The summed E-state index contributed by atoms with van der Waals surface area (Å²) in [7, 11) is 1.65. The van der Waals surface area contributed by atoms with E-state index in [4.69, 9.17) is 14.5 Å². The van der Waals surface area contributed by atoms with Crippen molar-refractivity contribution in [3.8, 4) is 11.5 Å². The highest BCUT2D eigenvalue weighted by Gasteiger charge is 2.54. The summed E-state index contributed by atoms with van der Waals surface area (Å²) in [6.45, 7) is 3.90. The predicted molar refractivity (Wildman–Crippen MR) is 104 cm³/mol. The van der Waals surface area contributed by atoms with Crippen LogP contribution in [0.15, 0.2) is 23.2 Å². The average molecular weight is 367 g/mol. The molecule has 0 unspecified atom stereocenters. The SMILES string of the molecule is COc1ccc2c(c1)OC(C)(C)N=C2CC(=O)C12CC3CC(CC(C3)C1)C2. The predicted octanol–water partition coefficient (Wildman–Crippen LogP) is 4.79. The lowest BCUT2D eigenvalue weighted by Crippen LogP contribution is -2.50. The number of fused-ring (bicyclic) bond motifs is 1. The topological polar surface area (TPSA) is 47.9 Å². The Morgan fingerprint density at radius 1 is 1.15 bits per heavy atom. The van der Waals surface area contributed by atoms with Crippen molar-refractivity contribution < 1.29 is 14.3 Å². The summed E-state index contributed by atoms with van der Waals surface area (Å²) in [4.78, 5) is 18.4. The van der Waals surface area contributed by atoms with Crippen LogP contribution in [0.25, 0.3) is 0 Å². The summed E-state index contributed by atoms with van der Waals surface area (Å²) in [6.07, 6.45) is 7.84. The average Bonchev–Trinajstić information content (AvgIpc) is 2.59. The van der Waals surface area contributed by atoms with Crippen molar-refractivity contribution >= 4 is 11.5 Å². The number of hydrogen-bond donors (Lipinski definition) is 0. The van der Waals surface area contributed by atoms with Gasteiger partial charge in [-0.15, -0.1) is 0 Å². The largest absolute Gasteiger partial charge is 0.497 e.